The largest absolute Gasteiger partial charge is 0.457 e. The van der Waals surface area contributed by atoms with Crippen LogP contribution in [-0.4, -0.2) is 52.5 Å². The summed E-state index contributed by atoms with van der Waals surface area (Å²) in [5.74, 6) is -0.519. The number of aliphatic hydroxyl groups excluding tert-OH is 1. The van der Waals surface area contributed by atoms with Crippen LogP contribution in [0.3, 0.4) is 0 Å². The maximum absolute atomic E-state index is 11.6. The smallest absolute Gasteiger partial charge is 0.361 e. The highest BCUT2D eigenvalue weighted by atomic mass is 16.5. The molecule has 0 aliphatic rings. The molecule has 0 atom stereocenters. The van der Waals surface area contributed by atoms with Gasteiger partial charge in [-0.25, -0.2) is 9.48 Å². The number of carbonyl (C=O) groups excluding carboxylic acids is 1. The lowest BCUT2D eigenvalue weighted by Gasteiger charge is -2.04. The molecule has 1 rings (SSSR count). The Kier molecular flexibility index (Phi) is 6.03. The molecule has 100 valence electrons. The van der Waals surface area contributed by atoms with Crippen molar-refractivity contribution in [2.24, 2.45) is 0 Å². The first kappa shape index (κ1) is 14.3. The quantitative estimate of drug-likeness (QED) is 0.398. The molecule has 0 radical (unpaired) electrons. The van der Waals surface area contributed by atoms with Crippen molar-refractivity contribution in [1.82, 2.24) is 15.0 Å². The molecule has 1 aromatic heterocycles. The van der Waals surface area contributed by atoms with Crippen LogP contribution in [0, 0.1) is 6.92 Å². The average molecular weight is 255 g/mol. The summed E-state index contributed by atoms with van der Waals surface area (Å²) < 4.78 is 11.5. The lowest BCUT2D eigenvalue weighted by Crippen LogP contribution is -2.12. The van der Waals surface area contributed by atoms with E-state index in [1.54, 1.807) is 11.6 Å². The van der Waals surface area contributed by atoms with Gasteiger partial charge in [0.2, 0.25) is 0 Å². The van der Waals surface area contributed by atoms with Gasteiger partial charge in [0.15, 0.2) is 5.69 Å². The summed E-state index contributed by atoms with van der Waals surface area (Å²) in [6, 6.07) is 0. The first-order chi connectivity index (χ1) is 8.70. The van der Waals surface area contributed by atoms with E-state index in [2.05, 4.69) is 16.9 Å². The number of aromatic nitrogens is 3. The molecular formula is C11H17N3O4. The van der Waals surface area contributed by atoms with E-state index >= 15 is 0 Å². The van der Waals surface area contributed by atoms with Crippen molar-refractivity contribution >= 4 is 5.97 Å². The van der Waals surface area contributed by atoms with Crippen molar-refractivity contribution in [3.05, 3.63) is 24.0 Å². The van der Waals surface area contributed by atoms with Gasteiger partial charge in [0.05, 0.1) is 32.1 Å². The number of nitrogens with zero attached hydrogens (tertiary/aromatic N) is 3. The molecule has 18 heavy (non-hydrogen) atoms. The molecule has 0 saturated heterocycles. The minimum absolute atomic E-state index is 0.0184. The molecule has 0 fully saturated rings. The molecule has 0 saturated carbocycles. The van der Waals surface area contributed by atoms with Crippen LogP contribution in [0.1, 0.15) is 16.2 Å². The van der Waals surface area contributed by atoms with E-state index in [1.807, 2.05) is 0 Å². The predicted octanol–water partition coefficient (Wildman–Crippen LogP) is -0.0618. The number of rotatable bonds is 8. The molecule has 0 aliphatic carbocycles. The first-order valence-corrected chi connectivity index (χ1v) is 5.57. The molecule has 1 N–H and O–H groups in total. The normalized spacial score (nSPS) is 10.3. The summed E-state index contributed by atoms with van der Waals surface area (Å²) in [5.41, 5.74) is 0.815. The van der Waals surface area contributed by atoms with Crippen LogP contribution in [0.4, 0.5) is 0 Å². The molecule has 0 aliphatic heterocycles. The highest BCUT2D eigenvalue weighted by Crippen LogP contribution is 2.05. The molecule has 1 heterocycles. The third kappa shape index (κ3) is 3.94. The van der Waals surface area contributed by atoms with Gasteiger partial charge in [0.25, 0.3) is 0 Å². The zero-order valence-electron chi connectivity index (χ0n) is 10.3. The molecule has 0 aromatic carbocycles. The molecule has 0 bridgehead atoms. The Balaban J connectivity index is 2.54. The number of hydrogen-bond donors (Lipinski definition) is 1. The summed E-state index contributed by atoms with van der Waals surface area (Å²) in [4.78, 5) is 11.6. The number of hydrogen-bond acceptors (Lipinski definition) is 6. The molecule has 0 unspecified atom stereocenters. The molecule has 1 aromatic rings. The fourth-order valence-electron chi connectivity index (χ4n) is 1.28. The number of esters is 1. The van der Waals surface area contributed by atoms with Gasteiger partial charge in [-0.05, 0) is 6.92 Å². The van der Waals surface area contributed by atoms with Crippen LogP contribution in [-0.2, 0) is 16.0 Å². The maximum Gasteiger partial charge on any atom is 0.361 e. The highest BCUT2D eigenvalue weighted by molar-refractivity contribution is 5.88. The Morgan fingerprint density at radius 3 is 3.00 bits per heavy atom. The lowest BCUT2D eigenvalue weighted by atomic mass is 10.3. The van der Waals surface area contributed by atoms with Crippen molar-refractivity contribution in [1.29, 1.82) is 0 Å². The van der Waals surface area contributed by atoms with Gasteiger partial charge in [-0.3, -0.25) is 0 Å². The van der Waals surface area contributed by atoms with Crippen LogP contribution in [0.25, 0.3) is 0 Å². The zero-order chi connectivity index (χ0) is 13.4. The fraction of sp³-hybridized carbons (Fsp3) is 0.545. The Hall–Kier alpha value is -1.73. The van der Waals surface area contributed by atoms with Crippen molar-refractivity contribution in [3.63, 3.8) is 0 Å². The second kappa shape index (κ2) is 7.57. The van der Waals surface area contributed by atoms with E-state index in [0.29, 0.717) is 18.8 Å². The molecular weight excluding hydrogens is 238 g/mol. The Labute approximate surface area is 105 Å². The minimum atomic E-state index is -0.519. The molecule has 0 amide bonds. The predicted molar refractivity (Wildman–Crippen MR) is 63.1 cm³/mol. The summed E-state index contributed by atoms with van der Waals surface area (Å²) in [6.45, 7) is 6.45. The van der Waals surface area contributed by atoms with Gasteiger partial charge in [0, 0.05) is 0 Å². The highest BCUT2D eigenvalue weighted by Gasteiger charge is 2.17. The average Bonchev–Trinajstić information content (AvgIpc) is 2.73. The second-order valence-electron chi connectivity index (χ2n) is 3.47. The Morgan fingerprint density at radius 2 is 2.33 bits per heavy atom. The molecule has 7 nitrogen and oxygen atoms in total. The molecule has 7 heteroatoms. The van der Waals surface area contributed by atoms with E-state index < -0.39 is 5.97 Å². The lowest BCUT2D eigenvalue weighted by molar-refractivity contribution is 0.0541. The summed E-state index contributed by atoms with van der Waals surface area (Å²) in [6.07, 6.45) is 1.49. The van der Waals surface area contributed by atoms with Gasteiger partial charge in [-0.15, -0.1) is 5.10 Å². The van der Waals surface area contributed by atoms with E-state index in [1.165, 1.54) is 6.08 Å². The van der Waals surface area contributed by atoms with Gasteiger partial charge >= 0.3 is 5.97 Å². The van der Waals surface area contributed by atoms with Crippen molar-refractivity contribution < 1.29 is 19.4 Å². The standard InChI is InChI=1S/C11H17N3O4/c1-3-6-18-11(16)10-9(2)14(13-12-10)4-7-17-8-5-15/h3,15H,1,4-8H2,2H3. The first-order valence-electron chi connectivity index (χ1n) is 5.57. The summed E-state index contributed by atoms with van der Waals surface area (Å²) >= 11 is 0. The van der Waals surface area contributed by atoms with Crippen LogP contribution in [0.15, 0.2) is 12.7 Å². The topological polar surface area (TPSA) is 86.5 Å². The number of ether oxygens (including phenoxy) is 2. The monoisotopic (exact) mass is 255 g/mol. The van der Waals surface area contributed by atoms with Crippen molar-refractivity contribution in [3.8, 4) is 0 Å². The van der Waals surface area contributed by atoms with Crippen LogP contribution in [0.2, 0.25) is 0 Å². The minimum Gasteiger partial charge on any atom is -0.457 e. The third-order valence-corrected chi connectivity index (χ3v) is 2.19. The van der Waals surface area contributed by atoms with Crippen molar-refractivity contribution in [2.45, 2.75) is 13.5 Å². The van der Waals surface area contributed by atoms with Gasteiger partial charge < -0.3 is 14.6 Å². The summed E-state index contributed by atoms with van der Waals surface area (Å²) in [7, 11) is 0. The van der Waals surface area contributed by atoms with E-state index in [0.717, 1.165) is 0 Å². The third-order valence-electron chi connectivity index (χ3n) is 2.19. The van der Waals surface area contributed by atoms with Crippen LogP contribution in [0.5, 0.6) is 0 Å². The van der Waals surface area contributed by atoms with Crippen molar-refractivity contribution in [2.75, 3.05) is 26.4 Å². The SMILES string of the molecule is C=CCOC(=O)c1nnn(CCOCCO)c1C. The number of carbonyl (C=O) groups is 1. The number of aliphatic hydroxyl groups is 1. The van der Waals surface area contributed by atoms with E-state index in [-0.39, 0.29) is 25.5 Å². The van der Waals surface area contributed by atoms with Crippen LogP contribution < -0.4 is 0 Å². The van der Waals surface area contributed by atoms with E-state index in [4.69, 9.17) is 14.6 Å². The second-order valence-corrected chi connectivity index (χ2v) is 3.47. The van der Waals surface area contributed by atoms with Gasteiger partial charge in [-0.1, -0.05) is 17.9 Å². The Bertz CT molecular complexity index is 403. The summed E-state index contributed by atoms with van der Waals surface area (Å²) in [5, 5.41) is 16.2. The van der Waals surface area contributed by atoms with E-state index in [9.17, 15) is 4.79 Å². The van der Waals surface area contributed by atoms with Crippen LogP contribution >= 0.6 is 0 Å². The zero-order valence-corrected chi connectivity index (χ0v) is 10.3. The van der Waals surface area contributed by atoms with Gasteiger partial charge in [0.1, 0.15) is 6.61 Å². The molecule has 0 spiro atoms. The Morgan fingerprint density at radius 1 is 1.56 bits per heavy atom. The van der Waals surface area contributed by atoms with Gasteiger partial charge in [-0.2, -0.15) is 0 Å². The fourth-order valence-corrected chi connectivity index (χ4v) is 1.28. The maximum atomic E-state index is 11.6.